The topological polar surface area (TPSA) is 41.1 Å². The Kier molecular flexibility index (Phi) is 8.42. The molecule has 0 aliphatic rings. The third kappa shape index (κ3) is 5.52. The minimum atomic E-state index is 0. The molecule has 0 spiro atoms. The Bertz CT molecular complexity index is 341. The van der Waals surface area contributed by atoms with Crippen LogP contribution in [0.3, 0.4) is 0 Å². The average molecular weight is 271 g/mol. The zero-order valence-electron chi connectivity index (χ0n) is 11.3. The second-order valence-electron chi connectivity index (χ2n) is 4.55. The van der Waals surface area contributed by atoms with Gasteiger partial charge in [0.1, 0.15) is 0 Å². The molecule has 1 rings (SSSR count). The smallest absolute Gasteiger partial charge is 0.221 e. The van der Waals surface area contributed by atoms with Gasteiger partial charge < -0.3 is 10.6 Å². The van der Waals surface area contributed by atoms with Crippen LogP contribution in [0, 0.1) is 5.92 Å². The van der Waals surface area contributed by atoms with Crippen LogP contribution in [0.1, 0.15) is 31.9 Å². The Morgan fingerprint density at radius 2 is 1.83 bits per heavy atom. The summed E-state index contributed by atoms with van der Waals surface area (Å²) in [6.45, 7) is 4.96. The SMILES string of the molecule is CNCCC(=O)NC(c1ccccc1)C(C)C.Cl. The number of carbonyl (C=O) groups is 1. The molecule has 4 heteroatoms. The van der Waals surface area contributed by atoms with Crippen molar-refractivity contribution in [2.75, 3.05) is 13.6 Å². The van der Waals surface area contributed by atoms with E-state index in [2.05, 4.69) is 36.6 Å². The quantitative estimate of drug-likeness (QED) is 0.834. The molecule has 0 bridgehead atoms. The van der Waals surface area contributed by atoms with E-state index in [-0.39, 0.29) is 24.4 Å². The van der Waals surface area contributed by atoms with Crippen LogP contribution in [0.2, 0.25) is 0 Å². The second kappa shape index (κ2) is 8.95. The van der Waals surface area contributed by atoms with Crippen molar-refractivity contribution in [1.29, 1.82) is 0 Å². The van der Waals surface area contributed by atoms with Gasteiger partial charge in [-0.15, -0.1) is 12.4 Å². The van der Waals surface area contributed by atoms with Crippen LogP contribution in [-0.2, 0) is 4.79 Å². The van der Waals surface area contributed by atoms with E-state index in [1.165, 1.54) is 5.56 Å². The van der Waals surface area contributed by atoms with E-state index >= 15 is 0 Å². The first kappa shape index (κ1) is 16.9. The first-order valence-electron chi connectivity index (χ1n) is 6.14. The lowest BCUT2D eigenvalue weighted by Crippen LogP contribution is -2.33. The summed E-state index contributed by atoms with van der Waals surface area (Å²) in [5.74, 6) is 0.484. The molecule has 0 heterocycles. The van der Waals surface area contributed by atoms with Gasteiger partial charge in [0.25, 0.3) is 0 Å². The van der Waals surface area contributed by atoms with Gasteiger partial charge in [-0.25, -0.2) is 0 Å². The van der Waals surface area contributed by atoms with E-state index in [0.717, 1.165) is 0 Å². The minimum absolute atomic E-state index is 0. The molecule has 18 heavy (non-hydrogen) atoms. The Morgan fingerprint density at radius 3 is 2.33 bits per heavy atom. The van der Waals surface area contributed by atoms with E-state index < -0.39 is 0 Å². The molecule has 0 radical (unpaired) electrons. The largest absolute Gasteiger partial charge is 0.349 e. The Balaban J connectivity index is 0.00000289. The third-order valence-corrected chi connectivity index (χ3v) is 2.74. The lowest BCUT2D eigenvalue weighted by molar-refractivity contribution is -0.122. The fraction of sp³-hybridized carbons (Fsp3) is 0.500. The molecule has 0 saturated heterocycles. The number of halogens is 1. The summed E-state index contributed by atoms with van der Waals surface area (Å²) < 4.78 is 0. The molecule has 0 aromatic heterocycles. The summed E-state index contributed by atoms with van der Waals surface area (Å²) in [5, 5.41) is 6.07. The van der Waals surface area contributed by atoms with Gasteiger partial charge in [-0.1, -0.05) is 44.2 Å². The molecule has 3 nitrogen and oxygen atoms in total. The molecule has 102 valence electrons. The number of hydrogen-bond donors (Lipinski definition) is 2. The highest BCUT2D eigenvalue weighted by Gasteiger charge is 2.17. The summed E-state index contributed by atoms with van der Waals surface area (Å²) in [4.78, 5) is 11.7. The number of amides is 1. The van der Waals surface area contributed by atoms with Crippen LogP contribution >= 0.6 is 12.4 Å². The van der Waals surface area contributed by atoms with Gasteiger partial charge in [0.05, 0.1) is 6.04 Å². The summed E-state index contributed by atoms with van der Waals surface area (Å²) in [6, 6.07) is 10.2. The zero-order valence-corrected chi connectivity index (χ0v) is 12.1. The normalized spacial score (nSPS) is 11.8. The molecular weight excluding hydrogens is 248 g/mol. The highest BCUT2D eigenvalue weighted by Crippen LogP contribution is 2.21. The number of benzene rings is 1. The molecule has 1 unspecified atom stereocenters. The van der Waals surface area contributed by atoms with Crippen molar-refractivity contribution < 1.29 is 4.79 Å². The summed E-state index contributed by atoms with van der Waals surface area (Å²) in [6.07, 6.45) is 0.520. The molecule has 2 N–H and O–H groups in total. The van der Waals surface area contributed by atoms with Gasteiger partial charge in [0, 0.05) is 13.0 Å². The van der Waals surface area contributed by atoms with E-state index in [1.54, 1.807) is 0 Å². The molecule has 1 amide bonds. The molecule has 0 fully saturated rings. The van der Waals surface area contributed by atoms with E-state index in [0.29, 0.717) is 18.9 Å². The third-order valence-electron chi connectivity index (χ3n) is 2.74. The fourth-order valence-electron chi connectivity index (χ4n) is 1.78. The van der Waals surface area contributed by atoms with E-state index in [1.807, 2.05) is 25.2 Å². The van der Waals surface area contributed by atoms with Crippen LogP contribution in [0.4, 0.5) is 0 Å². The Morgan fingerprint density at radius 1 is 1.22 bits per heavy atom. The summed E-state index contributed by atoms with van der Waals surface area (Å²) in [5.41, 5.74) is 1.17. The lowest BCUT2D eigenvalue weighted by Gasteiger charge is -2.23. The second-order valence-corrected chi connectivity index (χ2v) is 4.55. The summed E-state index contributed by atoms with van der Waals surface area (Å²) in [7, 11) is 1.85. The molecule has 0 aliphatic heterocycles. The maximum Gasteiger partial charge on any atom is 0.221 e. The number of rotatable bonds is 6. The lowest BCUT2D eigenvalue weighted by atomic mass is 9.96. The molecule has 0 saturated carbocycles. The Labute approximate surface area is 116 Å². The highest BCUT2D eigenvalue weighted by molar-refractivity contribution is 5.85. The van der Waals surface area contributed by atoms with Gasteiger partial charge in [-0.3, -0.25) is 4.79 Å². The van der Waals surface area contributed by atoms with Crippen molar-refractivity contribution in [1.82, 2.24) is 10.6 Å². The van der Waals surface area contributed by atoms with Crippen LogP contribution in [0.5, 0.6) is 0 Å². The first-order valence-corrected chi connectivity index (χ1v) is 6.14. The maximum atomic E-state index is 11.7. The predicted molar refractivity (Wildman–Crippen MR) is 78.0 cm³/mol. The molecule has 0 aliphatic carbocycles. The van der Waals surface area contributed by atoms with Crippen LogP contribution in [-0.4, -0.2) is 19.5 Å². The molecule has 1 aromatic rings. The van der Waals surface area contributed by atoms with Crippen LogP contribution in [0.25, 0.3) is 0 Å². The number of nitrogens with one attached hydrogen (secondary N) is 2. The molecular formula is C14H23ClN2O. The van der Waals surface area contributed by atoms with Gasteiger partial charge >= 0.3 is 0 Å². The maximum absolute atomic E-state index is 11.7. The van der Waals surface area contributed by atoms with Gasteiger partial charge in [-0.2, -0.15) is 0 Å². The fourth-order valence-corrected chi connectivity index (χ4v) is 1.78. The number of carbonyl (C=O) groups excluding carboxylic acids is 1. The highest BCUT2D eigenvalue weighted by atomic mass is 35.5. The van der Waals surface area contributed by atoms with Crippen molar-refractivity contribution >= 4 is 18.3 Å². The van der Waals surface area contributed by atoms with Gasteiger partial charge in [0.2, 0.25) is 5.91 Å². The first-order chi connectivity index (χ1) is 8.15. The predicted octanol–water partition coefficient (Wildman–Crippen LogP) is 2.53. The molecule has 1 atom stereocenters. The van der Waals surface area contributed by atoms with Crippen LogP contribution < -0.4 is 10.6 Å². The van der Waals surface area contributed by atoms with Crippen molar-refractivity contribution in [3.63, 3.8) is 0 Å². The van der Waals surface area contributed by atoms with Gasteiger partial charge in [-0.05, 0) is 18.5 Å². The standard InChI is InChI=1S/C14H22N2O.ClH/c1-11(2)14(12-7-5-4-6-8-12)16-13(17)9-10-15-3;/h4-8,11,14-15H,9-10H2,1-3H3,(H,16,17);1H. The van der Waals surface area contributed by atoms with Crippen molar-refractivity contribution in [3.8, 4) is 0 Å². The van der Waals surface area contributed by atoms with E-state index in [9.17, 15) is 4.79 Å². The monoisotopic (exact) mass is 270 g/mol. The number of hydrogen-bond acceptors (Lipinski definition) is 2. The zero-order chi connectivity index (χ0) is 12.7. The average Bonchev–Trinajstić information content (AvgIpc) is 2.34. The van der Waals surface area contributed by atoms with Gasteiger partial charge in [0.15, 0.2) is 0 Å². The minimum Gasteiger partial charge on any atom is -0.349 e. The van der Waals surface area contributed by atoms with Crippen LogP contribution in [0.15, 0.2) is 30.3 Å². The van der Waals surface area contributed by atoms with Crippen molar-refractivity contribution in [2.45, 2.75) is 26.3 Å². The van der Waals surface area contributed by atoms with Crippen molar-refractivity contribution in [3.05, 3.63) is 35.9 Å². The van der Waals surface area contributed by atoms with Crippen molar-refractivity contribution in [2.24, 2.45) is 5.92 Å². The Hall–Kier alpha value is -1.06. The van der Waals surface area contributed by atoms with E-state index in [4.69, 9.17) is 0 Å². The molecule has 1 aromatic carbocycles. The summed E-state index contributed by atoms with van der Waals surface area (Å²) >= 11 is 0.